The number of rotatable bonds is 15. The Morgan fingerprint density at radius 3 is 1.56 bits per heavy atom. The Bertz CT molecular complexity index is 1020. The third-order valence-electron chi connectivity index (χ3n) is 7.40. The standard InChI is InChI=1S/C35H56N3O5/c1-38(2,3)21-13-11-9-7-5-4-6-8-10-12-14-31-15-17-32(18-16-31)36-37-33-19-20-34-35(30-33)43-29-27-41-25-23-39-22-24-40-26-28-42-34/h15-20,30H,4-14,21-29H2,1-3H3/q+1. The Labute approximate surface area is 260 Å². The van der Waals surface area contributed by atoms with Crippen LogP contribution in [0, 0.1) is 0 Å². The number of azo groups is 1. The maximum atomic E-state index is 5.94. The number of benzene rings is 2. The SMILES string of the molecule is C[N+](C)(C)CCCCCCCCCCCCc1ccc(N=Nc2ccc3c(c2)OCCOCCOCCOCCO3)cc1. The monoisotopic (exact) mass is 598 g/mol. The molecule has 3 rings (SSSR count). The molecule has 0 N–H and O–H groups in total. The second-order valence-corrected chi connectivity index (χ2v) is 12.3. The maximum absolute atomic E-state index is 5.94. The lowest BCUT2D eigenvalue weighted by Crippen LogP contribution is -2.35. The number of fused-ring (bicyclic) bond motifs is 1. The first-order valence-electron chi connectivity index (χ1n) is 16.4. The van der Waals surface area contributed by atoms with E-state index in [2.05, 4.69) is 43.5 Å². The zero-order valence-electron chi connectivity index (χ0n) is 27.1. The number of hydrogen-bond donors (Lipinski definition) is 0. The second-order valence-electron chi connectivity index (χ2n) is 12.3. The predicted octanol–water partition coefficient (Wildman–Crippen LogP) is 8.07. The van der Waals surface area contributed by atoms with Crippen molar-refractivity contribution in [3.05, 3.63) is 48.0 Å². The Balaban J connectivity index is 1.33. The Kier molecular flexibility index (Phi) is 17.3. The molecule has 0 amide bonds. The van der Waals surface area contributed by atoms with Gasteiger partial charge in [-0.25, -0.2) is 0 Å². The summed E-state index contributed by atoms with van der Waals surface area (Å²) < 4.78 is 29.5. The van der Waals surface area contributed by atoms with Gasteiger partial charge in [0.15, 0.2) is 11.5 Å². The van der Waals surface area contributed by atoms with Gasteiger partial charge in [-0.2, -0.15) is 10.2 Å². The van der Waals surface area contributed by atoms with E-state index < -0.39 is 0 Å². The molecule has 1 heterocycles. The van der Waals surface area contributed by atoms with Gasteiger partial charge in [0.25, 0.3) is 0 Å². The summed E-state index contributed by atoms with van der Waals surface area (Å²) in [5.41, 5.74) is 2.90. The van der Waals surface area contributed by atoms with Crippen LogP contribution in [-0.2, 0) is 20.6 Å². The minimum absolute atomic E-state index is 0.409. The molecule has 0 saturated carbocycles. The van der Waals surface area contributed by atoms with Crippen LogP contribution in [0.15, 0.2) is 52.7 Å². The third-order valence-corrected chi connectivity index (χ3v) is 7.40. The summed E-state index contributed by atoms with van der Waals surface area (Å²) in [5.74, 6) is 1.27. The number of quaternary nitrogens is 1. The molecular weight excluding hydrogens is 542 g/mol. The van der Waals surface area contributed by atoms with Crippen molar-refractivity contribution in [2.75, 3.05) is 80.5 Å². The first-order valence-corrected chi connectivity index (χ1v) is 16.4. The minimum Gasteiger partial charge on any atom is -0.487 e. The highest BCUT2D eigenvalue weighted by Crippen LogP contribution is 2.32. The summed E-state index contributed by atoms with van der Waals surface area (Å²) in [7, 11) is 6.85. The van der Waals surface area contributed by atoms with Crippen molar-refractivity contribution >= 4 is 11.4 Å². The molecule has 0 spiro atoms. The highest BCUT2D eigenvalue weighted by atomic mass is 16.6. The van der Waals surface area contributed by atoms with Crippen molar-refractivity contribution in [2.24, 2.45) is 10.2 Å². The lowest BCUT2D eigenvalue weighted by atomic mass is 10.0. The quantitative estimate of drug-likeness (QED) is 0.118. The van der Waals surface area contributed by atoms with E-state index in [1.165, 1.54) is 76.3 Å². The Morgan fingerprint density at radius 1 is 0.512 bits per heavy atom. The summed E-state index contributed by atoms with van der Waals surface area (Å²) in [6.07, 6.45) is 14.7. The highest BCUT2D eigenvalue weighted by Gasteiger charge is 2.09. The smallest absolute Gasteiger partial charge is 0.163 e. The van der Waals surface area contributed by atoms with E-state index in [0.717, 1.165) is 16.6 Å². The van der Waals surface area contributed by atoms with Crippen molar-refractivity contribution in [2.45, 2.75) is 70.6 Å². The first-order chi connectivity index (χ1) is 21.0. The van der Waals surface area contributed by atoms with Crippen LogP contribution in [-0.4, -0.2) is 85.0 Å². The normalized spacial score (nSPS) is 15.7. The van der Waals surface area contributed by atoms with Crippen LogP contribution in [0.25, 0.3) is 0 Å². The largest absolute Gasteiger partial charge is 0.487 e. The molecule has 8 heteroatoms. The van der Waals surface area contributed by atoms with E-state index in [9.17, 15) is 0 Å². The van der Waals surface area contributed by atoms with E-state index in [1.54, 1.807) is 0 Å². The number of aryl methyl sites for hydroxylation is 1. The van der Waals surface area contributed by atoms with E-state index in [-0.39, 0.29) is 0 Å². The molecule has 1 aliphatic rings. The van der Waals surface area contributed by atoms with Crippen LogP contribution in [0.4, 0.5) is 11.4 Å². The van der Waals surface area contributed by atoms with Crippen LogP contribution in [0.3, 0.4) is 0 Å². The van der Waals surface area contributed by atoms with Gasteiger partial charge in [-0.15, -0.1) is 0 Å². The zero-order chi connectivity index (χ0) is 30.4. The Morgan fingerprint density at radius 2 is 0.977 bits per heavy atom. The summed E-state index contributed by atoms with van der Waals surface area (Å²) in [6, 6.07) is 14.0. The van der Waals surface area contributed by atoms with Gasteiger partial charge in [0.2, 0.25) is 0 Å². The molecule has 2 aromatic rings. The third kappa shape index (κ3) is 16.8. The molecule has 240 valence electrons. The van der Waals surface area contributed by atoms with Gasteiger partial charge < -0.3 is 28.2 Å². The lowest BCUT2D eigenvalue weighted by molar-refractivity contribution is -0.870. The molecular formula is C35H56N3O5+. The number of unbranched alkanes of at least 4 members (excludes halogenated alkanes) is 9. The summed E-state index contributed by atoms with van der Waals surface area (Å²) in [4.78, 5) is 0. The fraction of sp³-hybridized carbons (Fsp3) is 0.657. The van der Waals surface area contributed by atoms with Gasteiger partial charge in [-0.05, 0) is 55.5 Å². The van der Waals surface area contributed by atoms with Crippen molar-refractivity contribution in [1.82, 2.24) is 0 Å². The van der Waals surface area contributed by atoms with Gasteiger partial charge in [-0.1, -0.05) is 57.1 Å². The fourth-order valence-electron chi connectivity index (χ4n) is 4.93. The van der Waals surface area contributed by atoms with E-state index in [0.29, 0.717) is 70.0 Å². The lowest BCUT2D eigenvalue weighted by Gasteiger charge is -2.23. The molecule has 0 fully saturated rings. The zero-order valence-corrected chi connectivity index (χ0v) is 27.1. The topological polar surface area (TPSA) is 70.9 Å². The number of nitrogens with zero attached hydrogens (tertiary/aromatic N) is 3. The molecule has 0 bridgehead atoms. The van der Waals surface area contributed by atoms with Crippen LogP contribution in [0.2, 0.25) is 0 Å². The van der Waals surface area contributed by atoms with E-state index in [1.807, 2.05) is 30.3 Å². The maximum Gasteiger partial charge on any atom is 0.163 e. The summed E-state index contributed by atoms with van der Waals surface area (Å²) >= 11 is 0. The van der Waals surface area contributed by atoms with Gasteiger partial charge in [0, 0.05) is 6.07 Å². The average molecular weight is 599 g/mol. The van der Waals surface area contributed by atoms with Crippen molar-refractivity contribution < 1.29 is 28.2 Å². The molecule has 0 unspecified atom stereocenters. The van der Waals surface area contributed by atoms with Crippen molar-refractivity contribution in [3.63, 3.8) is 0 Å². The minimum atomic E-state index is 0.409. The van der Waals surface area contributed by atoms with E-state index in [4.69, 9.17) is 23.7 Å². The second kappa shape index (κ2) is 21.2. The Hall–Kier alpha value is -2.52. The van der Waals surface area contributed by atoms with Gasteiger partial charge in [-0.3, -0.25) is 0 Å². The number of ether oxygens (including phenoxy) is 5. The summed E-state index contributed by atoms with van der Waals surface area (Å²) in [6.45, 7) is 5.22. The van der Waals surface area contributed by atoms with Crippen molar-refractivity contribution in [3.8, 4) is 11.5 Å². The molecule has 8 nitrogen and oxygen atoms in total. The predicted molar refractivity (Wildman–Crippen MR) is 173 cm³/mol. The van der Waals surface area contributed by atoms with Crippen LogP contribution in [0.1, 0.15) is 69.8 Å². The highest BCUT2D eigenvalue weighted by molar-refractivity contribution is 5.52. The van der Waals surface area contributed by atoms with Crippen LogP contribution < -0.4 is 9.47 Å². The summed E-state index contributed by atoms with van der Waals surface area (Å²) in [5, 5.41) is 8.89. The molecule has 1 aliphatic heterocycles. The molecule has 43 heavy (non-hydrogen) atoms. The van der Waals surface area contributed by atoms with E-state index >= 15 is 0 Å². The first kappa shape index (κ1) is 35.0. The molecule has 0 aromatic heterocycles. The van der Waals surface area contributed by atoms with Crippen LogP contribution in [0.5, 0.6) is 11.5 Å². The molecule has 2 aromatic carbocycles. The number of hydrogen-bond acceptors (Lipinski definition) is 7. The average Bonchev–Trinajstić information content (AvgIpc) is 3.00. The molecule has 0 saturated heterocycles. The van der Waals surface area contributed by atoms with Gasteiger partial charge in [0.1, 0.15) is 13.2 Å². The molecule has 0 aliphatic carbocycles. The van der Waals surface area contributed by atoms with Gasteiger partial charge >= 0.3 is 0 Å². The van der Waals surface area contributed by atoms with Gasteiger partial charge in [0.05, 0.1) is 78.7 Å². The van der Waals surface area contributed by atoms with Crippen molar-refractivity contribution in [1.29, 1.82) is 0 Å². The molecule has 0 radical (unpaired) electrons. The molecule has 0 atom stereocenters. The van der Waals surface area contributed by atoms with Crippen LogP contribution >= 0.6 is 0 Å². The fourth-order valence-corrected chi connectivity index (χ4v) is 4.93.